The first-order valence-corrected chi connectivity index (χ1v) is 6.50. The molecule has 0 bridgehead atoms. The molecule has 1 heterocycles. The fourth-order valence-corrected chi connectivity index (χ4v) is 2.05. The lowest BCUT2D eigenvalue weighted by Gasteiger charge is -2.38. The smallest absolute Gasteiger partial charge is 0.184 e. The first kappa shape index (κ1) is 15.4. The van der Waals surface area contributed by atoms with E-state index in [1.165, 1.54) is 0 Å². The molecule has 1 fully saturated rings. The standard InChI is InChI=1S/C14H20O6/c1-8-2-4-9(5-3-8)6-19-7-10-11(15)12(16)13(17)14(18)20-10/h2-5,10-18H,6-7H2,1H3/t10-,11-,12+,13-,14+/m1/s1. The molecule has 1 aromatic rings. The molecule has 1 aromatic carbocycles. The minimum Gasteiger partial charge on any atom is -0.387 e. The third-order valence-electron chi connectivity index (χ3n) is 3.36. The molecule has 0 radical (unpaired) electrons. The van der Waals surface area contributed by atoms with Gasteiger partial charge in [0.2, 0.25) is 0 Å². The average molecular weight is 284 g/mol. The summed E-state index contributed by atoms with van der Waals surface area (Å²) in [5.74, 6) is 0. The second kappa shape index (κ2) is 6.62. The molecule has 0 aromatic heterocycles. The Morgan fingerprint density at radius 3 is 2.30 bits per heavy atom. The maximum atomic E-state index is 9.73. The van der Waals surface area contributed by atoms with Gasteiger partial charge < -0.3 is 29.9 Å². The van der Waals surface area contributed by atoms with E-state index in [4.69, 9.17) is 9.47 Å². The Kier molecular flexibility index (Phi) is 5.09. The summed E-state index contributed by atoms with van der Waals surface area (Å²) in [5.41, 5.74) is 2.13. The summed E-state index contributed by atoms with van der Waals surface area (Å²) in [6.07, 6.45) is -6.67. The summed E-state index contributed by atoms with van der Waals surface area (Å²) in [6, 6.07) is 7.80. The van der Waals surface area contributed by atoms with Gasteiger partial charge in [0.15, 0.2) is 6.29 Å². The molecule has 6 heteroatoms. The van der Waals surface area contributed by atoms with E-state index in [9.17, 15) is 20.4 Å². The van der Waals surface area contributed by atoms with Crippen molar-refractivity contribution in [2.75, 3.05) is 6.61 Å². The fraction of sp³-hybridized carbons (Fsp3) is 0.571. The maximum Gasteiger partial charge on any atom is 0.184 e. The third kappa shape index (κ3) is 3.54. The number of rotatable bonds is 4. The molecule has 2 rings (SSSR count). The number of hydrogen-bond donors (Lipinski definition) is 4. The van der Waals surface area contributed by atoms with Crippen molar-refractivity contribution in [1.29, 1.82) is 0 Å². The molecule has 4 N–H and O–H groups in total. The number of ether oxygens (including phenoxy) is 2. The van der Waals surface area contributed by atoms with Crippen LogP contribution < -0.4 is 0 Å². The first-order valence-electron chi connectivity index (χ1n) is 6.50. The van der Waals surface area contributed by atoms with Gasteiger partial charge in [0.05, 0.1) is 13.2 Å². The van der Waals surface area contributed by atoms with E-state index >= 15 is 0 Å². The van der Waals surface area contributed by atoms with Crippen molar-refractivity contribution in [2.45, 2.75) is 44.2 Å². The van der Waals surface area contributed by atoms with Gasteiger partial charge in [-0.25, -0.2) is 0 Å². The van der Waals surface area contributed by atoms with Crippen LogP contribution in [-0.4, -0.2) is 57.7 Å². The fourth-order valence-electron chi connectivity index (χ4n) is 2.05. The average Bonchev–Trinajstić information content (AvgIpc) is 2.44. The molecule has 0 spiro atoms. The number of aliphatic hydroxyl groups excluding tert-OH is 4. The Morgan fingerprint density at radius 2 is 1.65 bits per heavy atom. The van der Waals surface area contributed by atoms with Crippen molar-refractivity contribution in [3.05, 3.63) is 35.4 Å². The van der Waals surface area contributed by atoms with Crippen LogP contribution in [0.2, 0.25) is 0 Å². The van der Waals surface area contributed by atoms with E-state index in [0.29, 0.717) is 6.61 Å². The van der Waals surface area contributed by atoms with Crippen molar-refractivity contribution in [3.63, 3.8) is 0 Å². The highest BCUT2D eigenvalue weighted by molar-refractivity contribution is 5.20. The largest absolute Gasteiger partial charge is 0.387 e. The Hall–Kier alpha value is -1.02. The highest BCUT2D eigenvalue weighted by atomic mass is 16.6. The summed E-state index contributed by atoms with van der Waals surface area (Å²) < 4.78 is 10.4. The zero-order valence-corrected chi connectivity index (χ0v) is 11.2. The van der Waals surface area contributed by atoms with E-state index in [-0.39, 0.29) is 6.61 Å². The molecular weight excluding hydrogens is 264 g/mol. The lowest BCUT2D eigenvalue weighted by molar-refractivity contribution is -0.289. The molecule has 20 heavy (non-hydrogen) atoms. The SMILES string of the molecule is Cc1ccc(COC[C@H]2O[C@H](O)[C@H](O)[C@@H](O)[C@@H]2O)cc1. The van der Waals surface area contributed by atoms with Crippen LogP contribution in [0.5, 0.6) is 0 Å². The second-order valence-corrected chi connectivity index (χ2v) is 5.04. The minimum atomic E-state index is -1.53. The van der Waals surface area contributed by atoms with Crippen LogP contribution in [0.15, 0.2) is 24.3 Å². The number of benzene rings is 1. The van der Waals surface area contributed by atoms with Gasteiger partial charge in [0.1, 0.15) is 24.4 Å². The van der Waals surface area contributed by atoms with Crippen molar-refractivity contribution < 1.29 is 29.9 Å². The zero-order chi connectivity index (χ0) is 14.7. The Balaban J connectivity index is 1.83. The van der Waals surface area contributed by atoms with Crippen LogP contribution in [0, 0.1) is 6.92 Å². The van der Waals surface area contributed by atoms with Gasteiger partial charge in [-0.1, -0.05) is 29.8 Å². The summed E-state index contributed by atoms with van der Waals surface area (Å²) in [6.45, 7) is 2.34. The van der Waals surface area contributed by atoms with Crippen LogP contribution in [0.25, 0.3) is 0 Å². The summed E-state index contributed by atoms with van der Waals surface area (Å²) in [5, 5.41) is 38.0. The molecular formula is C14H20O6. The molecule has 1 aliphatic heterocycles. The molecule has 6 nitrogen and oxygen atoms in total. The monoisotopic (exact) mass is 284 g/mol. The van der Waals surface area contributed by atoms with E-state index in [1.54, 1.807) is 0 Å². The van der Waals surface area contributed by atoms with Crippen molar-refractivity contribution in [3.8, 4) is 0 Å². The summed E-state index contributed by atoms with van der Waals surface area (Å²) in [7, 11) is 0. The van der Waals surface area contributed by atoms with E-state index in [1.807, 2.05) is 31.2 Å². The van der Waals surface area contributed by atoms with Crippen LogP contribution >= 0.6 is 0 Å². The normalized spacial score (nSPS) is 34.1. The van der Waals surface area contributed by atoms with Gasteiger partial charge in [-0.05, 0) is 12.5 Å². The zero-order valence-electron chi connectivity index (χ0n) is 11.2. The molecule has 0 amide bonds. The lowest BCUT2D eigenvalue weighted by Crippen LogP contribution is -2.58. The number of aryl methyl sites for hydroxylation is 1. The third-order valence-corrected chi connectivity index (χ3v) is 3.36. The van der Waals surface area contributed by atoms with Gasteiger partial charge >= 0.3 is 0 Å². The molecule has 0 saturated carbocycles. The van der Waals surface area contributed by atoms with Gasteiger partial charge in [0.25, 0.3) is 0 Å². The molecule has 0 aliphatic carbocycles. The summed E-state index contributed by atoms with van der Waals surface area (Å²) in [4.78, 5) is 0. The summed E-state index contributed by atoms with van der Waals surface area (Å²) >= 11 is 0. The van der Waals surface area contributed by atoms with Crippen molar-refractivity contribution >= 4 is 0 Å². The van der Waals surface area contributed by atoms with Gasteiger partial charge in [0, 0.05) is 0 Å². The molecule has 5 atom stereocenters. The second-order valence-electron chi connectivity index (χ2n) is 5.04. The first-order chi connectivity index (χ1) is 9.49. The Labute approximate surface area is 117 Å². The predicted molar refractivity (Wildman–Crippen MR) is 69.7 cm³/mol. The molecule has 0 unspecified atom stereocenters. The van der Waals surface area contributed by atoms with Crippen LogP contribution in [0.1, 0.15) is 11.1 Å². The predicted octanol–water partition coefficient (Wildman–Crippen LogP) is -0.688. The molecule has 112 valence electrons. The van der Waals surface area contributed by atoms with Gasteiger partial charge in [-0.15, -0.1) is 0 Å². The van der Waals surface area contributed by atoms with Gasteiger partial charge in [-0.2, -0.15) is 0 Å². The lowest BCUT2D eigenvalue weighted by atomic mass is 9.99. The molecule has 1 saturated heterocycles. The quantitative estimate of drug-likeness (QED) is 0.584. The Morgan fingerprint density at radius 1 is 1.00 bits per heavy atom. The highest BCUT2D eigenvalue weighted by Crippen LogP contribution is 2.20. The topological polar surface area (TPSA) is 99.4 Å². The van der Waals surface area contributed by atoms with Crippen LogP contribution in [-0.2, 0) is 16.1 Å². The van der Waals surface area contributed by atoms with Gasteiger partial charge in [-0.3, -0.25) is 0 Å². The number of aliphatic hydroxyl groups is 4. The van der Waals surface area contributed by atoms with Crippen molar-refractivity contribution in [2.24, 2.45) is 0 Å². The highest BCUT2D eigenvalue weighted by Gasteiger charge is 2.42. The van der Waals surface area contributed by atoms with E-state index < -0.39 is 30.7 Å². The minimum absolute atomic E-state index is 0.00980. The van der Waals surface area contributed by atoms with E-state index in [0.717, 1.165) is 11.1 Å². The Bertz CT molecular complexity index is 420. The van der Waals surface area contributed by atoms with Crippen LogP contribution in [0.3, 0.4) is 0 Å². The van der Waals surface area contributed by atoms with E-state index in [2.05, 4.69) is 0 Å². The van der Waals surface area contributed by atoms with Crippen molar-refractivity contribution in [1.82, 2.24) is 0 Å². The molecule has 1 aliphatic rings. The van der Waals surface area contributed by atoms with Crippen LogP contribution in [0.4, 0.5) is 0 Å². The number of hydrogen-bond acceptors (Lipinski definition) is 6. The maximum absolute atomic E-state index is 9.73.